The summed E-state index contributed by atoms with van der Waals surface area (Å²) in [5.74, 6) is 0.941. The maximum atomic E-state index is 13.0. The molecule has 2 fully saturated rings. The Labute approximate surface area is 171 Å². The molecule has 1 saturated carbocycles. The van der Waals surface area contributed by atoms with E-state index < -0.39 is 5.63 Å². The molecular weight excluding hydrogens is 368 g/mol. The summed E-state index contributed by atoms with van der Waals surface area (Å²) in [6.45, 7) is 3.53. The monoisotopic (exact) mass is 398 g/mol. The second-order valence-corrected chi connectivity index (χ2v) is 8.17. The Hall–Kier alpha value is -2.11. The van der Waals surface area contributed by atoms with Crippen molar-refractivity contribution < 1.29 is 19.0 Å². The SMILES string of the molecule is CCC(CCC1OCCCO1)c1cc(O)c(C(c2ccccc2)C2CC2)c(=O)o1. The molecule has 1 aromatic heterocycles. The highest BCUT2D eigenvalue weighted by molar-refractivity contribution is 5.41. The molecule has 156 valence electrons. The Morgan fingerprint density at radius 2 is 1.86 bits per heavy atom. The van der Waals surface area contributed by atoms with Crippen molar-refractivity contribution in [1.82, 2.24) is 0 Å². The Kier molecular flexibility index (Phi) is 6.36. The summed E-state index contributed by atoms with van der Waals surface area (Å²) in [5, 5.41) is 10.8. The van der Waals surface area contributed by atoms with Crippen LogP contribution in [0.25, 0.3) is 0 Å². The Balaban J connectivity index is 1.56. The molecule has 1 aliphatic heterocycles. The predicted molar refractivity (Wildman–Crippen MR) is 110 cm³/mol. The van der Waals surface area contributed by atoms with Crippen LogP contribution >= 0.6 is 0 Å². The van der Waals surface area contributed by atoms with Crippen LogP contribution in [0.1, 0.15) is 74.2 Å². The summed E-state index contributed by atoms with van der Waals surface area (Å²) in [7, 11) is 0. The van der Waals surface area contributed by atoms with Gasteiger partial charge in [-0.2, -0.15) is 0 Å². The number of aromatic hydroxyl groups is 1. The van der Waals surface area contributed by atoms with E-state index in [1.54, 1.807) is 6.07 Å². The molecule has 1 N–H and O–H groups in total. The second-order valence-electron chi connectivity index (χ2n) is 8.17. The lowest BCUT2D eigenvalue weighted by atomic mass is 9.87. The Bertz CT molecular complexity index is 849. The van der Waals surface area contributed by atoms with Gasteiger partial charge in [-0.05, 0) is 50.0 Å². The molecule has 5 nitrogen and oxygen atoms in total. The highest BCUT2D eigenvalue weighted by atomic mass is 16.7. The molecule has 2 unspecified atom stereocenters. The summed E-state index contributed by atoms with van der Waals surface area (Å²) in [6, 6.07) is 11.6. The number of hydrogen-bond donors (Lipinski definition) is 1. The zero-order valence-electron chi connectivity index (χ0n) is 17.0. The van der Waals surface area contributed by atoms with E-state index in [1.165, 1.54) is 0 Å². The van der Waals surface area contributed by atoms with Gasteiger partial charge in [0.1, 0.15) is 11.5 Å². The van der Waals surface area contributed by atoms with Gasteiger partial charge in [0.05, 0.1) is 18.8 Å². The van der Waals surface area contributed by atoms with Crippen LogP contribution in [-0.4, -0.2) is 24.6 Å². The fourth-order valence-corrected chi connectivity index (χ4v) is 4.35. The van der Waals surface area contributed by atoms with Crippen LogP contribution in [0, 0.1) is 5.92 Å². The lowest BCUT2D eigenvalue weighted by molar-refractivity contribution is -0.182. The molecule has 0 radical (unpaired) electrons. The van der Waals surface area contributed by atoms with Crippen molar-refractivity contribution in [2.45, 2.75) is 63.6 Å². The predicted octanol–water partition coefficient (Wildman–Crippen LogP) is 4.92. The molecule has 2 atom stereocenters. The average molecular weight is 398 g/mol. The summed E-state index contributed by atoms with van der Waals surface area (Å²) in [5.41, 5.74) is 1.05. The second kappa shape index (κ2) is 9.14. The first-order valence-corrected chi connectivity index (χ1v) is 10.8. The van der Waals surface area contributed by atoms with Gasteiger partial charge in [-0.15, -0.1) is 0 Å². The fourth-order valence-electron chi connectivity index (χ4n) is 4.35. The highest BCUT2D eigenvalue weighted by Gasteiger charge is 2.37. The van der Waals surface area contributed by atoms with E-state index in [4.69, 9.17) is 13.9 Å². The van der Waals surface area contributed by atoms with E-state index in [0.29, 0.717) is 17.2 Å². The molecule has 2 heterocycles. The van der Waals surface area contributed by atoms with Crippen LogP contribution in [0.2, 0.25) is 0 Å². The molecule has 2 aliphatic rings. The topological polar surface area (TPSA) is 68.9 Å². The van der Waals surface area contributed by atoms with E-state index in [1.807, 2.05) is 30.3 Å². The third kappa shape index (κ3) is 4.73. The van der Waals surface area contributed by atoms with Crippen molar-refractivity contribution in [2.75, 3.05) is 13.2 Å². The van der Waals surface area contributed by atoms with Crippen molar-refractivity contribution in [3.63, 3.8) is 0 Å². The van der Waals surface area contributed by atoms with Crippen LogP contribution in [0.3, 0.4) is 0 Å². The largest absolute Gasteiger partial charge is 0.507 e. The third-order valence-corrected chi connectivity index (χ3v) is 6.09. The molecular formula is C24H30O5. The van der Waals surface area contributed by atoms with Gasteiger partial charge in [0.2, 0.25) is 0 Å². The first kappa shape index (κ1) is 20.2. The van der Waals surface area contributed by atoms with Gasteiger partial charge < -0.3 is 19.0 Å². The maximum absolute atomic E-state index is 13.0. The van der Waals surface area contributed by atoms with Gasteiger partial charge in [0.15, 0.2) is 6.29 Å². The summed E-state index contributed by atoms with van der Waals surface area (Å²) in [4.78, 5) is 13.0. The molecule has 0 bridgehead atoms. The first-order chi connectivity index (χ1) is 14.2. The van der Waals surface area contributed by atoms with E-state index >= 15 is 0 Å². The fraction of sp³-hybridized carbons (Fsp3) is 0.542. The van der Waals surface area contributed by atoms with Crippen molar-refractivity contribution in [3.8, 4) is 5.75 Å². The first-order valence-electron chi connectivity index (χ1n) is 10.8. The zero-order valence-corrected chi connectivity index (χ0v) is 17.0. The Morgan fingerprint density at radius 1 is 1.14 bits per heavy atom. The molecule has 29 heavy (non-hydrogen) atoms. The third-order valence-electron chi connectivity index (χ3n) is 6.09. The normalized spacial score (nSPS) is 19.8. The number of benzene rings is 1. The number of hydrogen-bond acceptors (Lipinski definition) is 5. The van der Waals surface area contributed by atoms with E-state index in [2.05, 4.69) is 6.92 Å². The van der Waals surface area contributed by atoms with E-state index in [0.717, 1.165) is 57.3 Å². The van der Waals surface area contributed by atoms with Gasteiger partial charge >= 0.3 is 5.63 Å². The molecule has 1 aromatic carbocycles. The maximum Gasteiger partial charge on any atom is 0.343 e. The molecule has 0 amide bonds. The number of ether oxygens (including phenoxy) is 2. The van der Waals surface area contributed by atoms with Crippen LogP contribution in [0.5, 0.6) is 5.75 Å². The van der Waals surface area contributed by atoms with Gasteiger partial charge in [0, 0.05) is 17.9 Å². The number of rotatable bonds is 8. The van der Waals surface area contributed by atoms with Crippen LogP contribution in [0.15, 0.2) is 45.6 Å². The Morgan fingerprint density at radius 3 is 2.48 bits per heavy atom. The van der Waals surface area contributed by atoms with E-state index in [9.17, 15) is 9.90 Å². The van der Waals surface area contributed by atoms with Gasteiger partial charge in [0.25, 0.3) is 0 Å². The smallest absolute Gasteiger partial charge is 0.343 e. The van der Waals surface area contributed by atoms with Crippen LogP contribution in [-0.2, 0) is 9.47 Å². The van der Waals surface area contributed by atoms with Crippen molar-refractivity contribution in [1.29, 1.82) is 0 Å². The average Bonchev–Trinajstić information content (AvgIpc) is 3.57. The molecule has 1 saturated heterocycles. The molecule has 0 spiro atoms. The lowest BCUT2D eigenvalue weighted by Crippen LogP contribution is -2.25. The molecule has 1 aliphatic carbocycles. The van der Waals surface area contributed by atoms with Crippen molar-refractivity contribution >= 4 is 0 Å². The lowest BCUT2D eigenvalue weighted by Gasteiger charge is -2.25. The summed E-state index contributed by atoms with van der Waals surface area (Å²) >= 11 is 0. The summed E-state index contributed by atoms with van der Waals surface area (Å²) < 4.78 is 17.0. The minimum Gasteiger partial charge on any atom is -0.507 e. The molecule has 5 heteroatoms. The van der Waals surface area contributed by atoms with E-state index in [-0.39, 0.29) is 23.9 Å². The van der Waals surface area contributed by atoms with Gasteiger partial charge in [-0.3, -0.25) is 0 Å². The zero-order chi connectivity index (χ0) is 20.2. The van der Waals surface area contributed by atoms with Crippen LogP contribution in [0.4, 0.5) is 0 Å². The molecule has 4 rings (SSSR count). The van der Waals surface area contributed by atoms with Crippen LogP contribution < -0.4 is 5.63 Å². The standard InChI is InChI=1S/C24H30O5/c1-2-16(11-12-21-27-13-6-14-28-21)20-15-19(25)23(24(26)29-20)22(18-9-10-18)17-7-4-3-5-8-17/h3-5,7-8,15-16,18,21-22,25H,2,6,9-14H2,1H3. The van der Waals surface area contributed by atoms with Crippen molar-refractivity contribution in [2.24, 2.45) is 5.92 Å². The van der Waals surface area contributed by atoms with Gasteiger partial charge in [-0.1, -0.05) is 37.3 Å². The van der Waals surface area contributed by atoms with Gasteiger partial charge in [-0.25, -0.2) is 4.79 Å². The summed E-state index contributed by atoms with van der Waals surface area (Å²) in [6.07, 6.45) is 5.24. The van der Waals surface area contributed by atoms with Crippen molar-refractivity contribution in [3.05, 3.63) is 63.7 Å². The highest BCUT2D eigenvalue weighted by Crippen LogP contribution is 2.47. The quantitative estimate of drug-likeness (QED) is 0.683. The minimum atomic E-state index is -0.413. The minimum absolute atomic E-state index is 0.0490. The molecule has 2 aromatic rings.